The SMILES string of the molecule is CN(CCc1ccccc1)c1nc(/C=C/c2ccc3c(c2)OCO3)nc2cc(C(=O)O)ccc12. The Bertz CT molecular complexity index is 1390. The zero-order valence-corrected chi connectivity index (χ0v) is 18.6. The van der Waals surface area contributed by atoms with Crippen molar-refractivity contribution in [1.29, 1.82) is 0 Å². The van der Waals surface area contributed by atoms with E-state index in [2.05, 4.69) is 22.0 Å². The van der Waals surface area contributed by atoms with E-state index in [0.29, 0.717) is 17.1 Å². The van der Waals surface area contributed by atoms with Crippen molar-refractivity contribution in [1.82, 2.24) is 9.97 Å². The van der Waals surface area contributed by atoms with Gasteiger partial charge < -0.3 is 19.5 Å². The van der Waals surface area contributed by atoms with Gasteiger partial charge in [-0.3, -0.25) is 0 Å². The molecule has 7 heteroatoms. The van der Waals surface area contributed by atoms with Crippen LogP contribution in [0.1, 0.15) is 27.3 Å². The van der Waals surface area contributed by atoms with E-state index < -0.39 is 5.97 Å². The van der Waals surface area contributed by atoms with Crippen LogP contribution in [-0.2, 0) is 6.42 Å². The molecule has 1 aliphatic rings. The van der Waals surface area contributed by atoms with Gasteiger partial charge in [-0.15, -0.1) is 0 Å². The second-order valence-corrected chi connectivity index (χ2v) is 8.05. The summed E-state index contributed by atoms with van der Waals surface area (Å²) in [6, 6.07) is 20.9. The quantitative estimate of drug-likeness (QED) is 0.426. The Balaban J connectivity index is 1.49. The molecule has 170 valence electrons. The van der Waals surface area contributed by atoms with Gasteiger partial charge in [-0.25, -0.2) is 14.8 Å². The van der Waals surface area contributed by atoms with E-state index in [1.807, 2.05) is 55.6 Å². The Morgan fingerprint density at radius 1 is 1.00 bits per heavy atom. The first-order chi connectivity index (χ1) is 16.6. The Morgan fingerprint density at radius 3 is 2.65 bits per heavy atom. The summed E-state index contributed by atoms with van der Waals surface area (Å²) in [4.78, 5) is 23.0. The van der Waals surface area contributed by atoms with E-state index in [4.69, 9.17) is 14.5 Å². The van der Waals surface area contributed by atoms with Crippen molar-refractivity contribution in [3.63, 3.8) is 0 Å². The molecule has 2 heterocycles. The summed E-state index contributed by atoms with van der Waals surface area (Å²) in [5.74, 6) is 1.69. The third-order valence-electron chi connectivity index (χ3n) is 5.70. The second kappa shape index (κ2) is 9.23. The zero-order chi connectivity index (χ0) is 23.5. The first-order valence-corrected chi connectivity index (χ1v) is 10.9. The number of aromatic nitrogens is 2. The van der Waals surface area contributed by atoms with E-state index >= 15 is 0 Å². The summed E-state index contributed by atoms with van der Waals surface area (Å²) in [6.45, 7) is 0.975. The molecule has 4 aromatic rings. The molecule has 7 nitrogen and oxygen atoms in total. The molecule has 0 radical (unpaired) electrons. The molecule has 3 aromatic carbocycles. The van der Waals surface area contributed by atoms with E-state index in [0.717, 1.165) is 35.5 Å². The number of likely N-dealkylation sites (N-methyl/N-ethyl adjacent to an activating group) is 1. The van der Waals surface area contributed by atoms with Crippen molar-refractivity contribution in [2.45, 2.75) is 6.42 Å². The molecule has 0 bridgehead atoms. The number of fused-ring (bicyclic) bond motifs is 2. The fraction of sp³-hybridized carbons (Fsp3) is 0.148. The molecule has 34 heavy (non-hydrogen) atoms. The lowest BCUT2D eigenvalue weighted by molar-refractivity contribution is 0.0697. The Kier molecular flexibility index (Phi) is 5.82. The van der Waals surface area contributed by atoms with Gasteiger partial charge in [0.05, 0.1) is 11.1 Å². The topological polar surface area (TPSA) is 84.8 Å². The maximum absolute atomic E-state index is 11.5. The van der Waals surface area contributed by atoms with Gasteiger partial charge >= 0.3 is 5.97 Å². The van der Waals surface area contributed by atoms with Gasteiger partial charge in [0.25, 0.3) is 0 Å². The predicted octanol–water partition coefficient (Wildman–Crippen LogP) is 4.91. The van der Waals surface area contributed by atoms with Crippen molar-refractivity contribution >= 4 is 34.8 Å². The number of ether oxygens (including phenoxy) is 2. The van der Waals surface area contributed by atoms with Crippen molar-refractivity contribution in [3.8, 4) is 11.5 Å². The smallest absolute Gasteiger partial charge is 0.335 e. The Labute approximate surface area is 196 Å². The van der Waals surface area contributed by atoms with E-state index in [-0.39, 0.29) is 12.4 Å². The Hall–Kier alpha value is -4.39. The van der Waals surface area contributed by atoms with Crippen LogP contribution in [0.3, 0.4) is 0 Å². The number of rotatable bonds is 7. The third-order valence-corrected chi connectivity index (χ3v) is 5.70. The fourth-order valence-electron chi connectivity index (χ4n) is 3.86. The summed E-state index contributed by atoms with van der Waals surface area (Å²) in [6.07, 6.45) is 4.58. The highest BCUT2D eigenvalue weighted by atomic mass is 16.7. The second-order valence-electron chi connectivity index (χ2n) is 8.05. The Morgan fingerprint density at radius 2 is 1.82 bits per heavy atom. The fourth-order valence-corrected chi connectivity index (χ4v) is 3.86. The number of carbonyl (C=O) groups is 1. The normalized spacial score (nSPS) is 12.4. The summed E-state index contributed by atoms with van der Waals surface area (Å²) >= 11 is 0. The van der Waals surface area contributed by atoms with Crippen molar-refractivity contribution in [2.75, 3.05) is 25.3 Å². The van der Waals surface area contributed by atoms with E-state index in [1.165, 1.54) is 5.56 Å². The predicted molar refractivity (Wildman–Crippen MR) is 131 cm³/mol. The molecule has 0 amide bonds. The summed E-state index contributed by atoms with van der Waals surface area (Å²) in [5.41, 5.74) is 2.94. The monoisotopic (exact) mass is 453 g/mol. The lowest BCUT2D eigenvalue weighted by Crippen LogP contribution is -2.22. The van der Waals surface area contributed by atoms with Gasteiger partial charge in [0.15, 0.2) is 17.3 Å². The average Bonchev–Trinajstić information content (AvgIpc) is 3.33. The van der Waals surface area contributed by atoms with Crippen molar-refractivity contribution < 1.29 is 19.4 Å². The number of benzene rings is 3. The van der Waals surface area contributed by atoms with Crippen LogP contribution < -0.4 is 14.4 Å². The molecular weight excluding hydrogens is 430 g/mol. The first kappa shape index (κ1) is 21.5. The highest BCUT2D eigenvalue weighted by Crippen LogP contribution is 2.33. The van der Waals surface area contributed by atoms with Gasteiger partial charge in [-0.05, 0) is 54.0 Å². The lowest BCUT2D eigenvalue weighted by Gasteiger charge is -2.20. The molecule has 0 aliphatic carbocycles. The number of anilines is 1. The number of aromatic carboxylic acids is 1. The average molecular weight is 453 g/mol. The van der Waals surface area contributed by atoms with Crippen LogP contribution in [0, 0.1) is 0 Å². The molecule has 0 unspecified atom stereocenters. The molecule has 0 fully saturated rings. The zero-order valence-electron chi connectivity index (χ0n) is 18.6. The van der Waals surface area contributed by atoms with Crippen molar-refractivity contribution in [3.05, 3.63) is 89.2 Å². The highest BCUT2D eigenvalue weighted by molar-refractivity contribution is 5.97. The maximum atomic E-state index is 11.5. The van der Waals surface area contributed by atoms with Gasteiger partial charge in [0, 0.05) is 19.0 Å². The molecule has 0 spiro atoms. The van der Waals surface area contributed by atoms with E-state index in [9.17, 15) is 9.90 Å². The van der Waals surface area contributed by atoms with E-state index in [1.54, 1.807) is 18.2 Å². The molecule has 0 saturated heterocycles. The van der Waals surface area contributed by atoms with Crippen LogP contribution in [0.25, 0.3) is 23.1 Å². The minimum atomic E-state index is -0.989. The van der Waals surface area contributed by atoms with Crippen LogP contribution in [0.5, 0.6) is 11.5 Å². The molecular formula is C27H23N3O4. The standard InChI is InChI=1S/C27H23N3O4/c1-30(14-13-18-5-3-2-4-6-18)26-21-10-9-20(27(31)32)16-22(21)28-25(29-26)12-8-19-7-11-23-24(15-19)34-17-33-23/h2-12,15-16H,13-14,17H2,1H3,(H,31,32)/b12-8+. The van der Waals surface area contributed by atoms with Gasteiger partial charge in [0.1, 0.15) is 5.82 Å². The molecule has 1 aliphatic heterocycles. The van der Waals surface area contributed by atoms with Crippen molar-refractivity contribution in [2.24, 2.45) is 0 Å². The number of hydrogen-bond donors (Lipinski definition) is 1. The number of hydrogen-bond acceptors (Lipinski definition) is 6. The largest absolute Gasteiger partial charge is 0.478 e. The van der Waals surface area contributed by atoms with Crippen LogP contribution in [0.4, 0.5) is 5.82 Å². The minimum absolute atomic E-state index is 0.190. The number of nitrogens with zero attached hydrogens (tertiary/aromatic N) is 3. The van der Waals surface area contributed by atoms with Crippen LogP contribution >= 0.6 is 0 Å². The van der Waals surface area contributed by atoms with Crippen LogP contribution in [0.2, 0.25) is 0 Å². The highest BCUT2D eigenvalue weighted by Gasteiger charge is 2.15. The molecule has 1 aromatic heterocycles. The maximum Gasteiger partial charge on any atom is 0.335 e. The summed E-state index contributed by atoms with van der Waals surface area (Å²) < 4.78 is 10.8. The minimum Gasteiger partial charge on any atom is -0.478 e. The summed E-state index contributed by atoms with van der Waals surface area (Å²) in [5, 5.41) is 10.2. The van der Waals surface area contributed by atoms with Crippen LogP contribution in [-0.4, -0.2) is 41.4 Å². The number of carboxylic acid groups (broad SMARTS) is 1. The van der Waals surface area contributed by atoms with Crippen LogP contribution in [0.15, 0.2) is 66.7 Å². The first-order valence-electron chi connectivity index (χ1n) is 10.9. The molecule has 5 rings (SSSR count). The third kappa shape index (κ3) is 4.54. The molecule has 0 saturated carbocycles. The van der Waals surface area contributed by atoms with Gasteiger partial charge in [-0.2, -0.15) is 0 Å². The van der Waals surface area contributed by atoms with Gasteiger partial charge in [-0.1, -0.05) is 42.5 Å². The lowest BCUT2D eigenvalue weighted by atomic mass is 10.1. The molecule has 1 N–H and O–H groups in total. The summed E-state index contributed by atoms with van der Waals surface area (Å²) in [7, 11) is 1.99. The number of carboxylic acids is 1. The molecule has 0 atom stereocenters. The van der Waals surface area contributed by atoms with Gasteiger partial charge in [0.2, 0.25) is 6.79 Å².